The highest BCUT2D eigenvalue weighted by Gasteiger charge is 2.31. The van der Waals surface area contributed by atoms with Gasteiger partial charge in [-0.2, -0.15) is 0 Å². The first-order chi connectivity index (χ1) is 13.2. The molecule has 0 atom stereocenters. The number of pyridine rings is 4. The van der Waals surface area contributed by atoms with Crippen LogP contribution in [0.4, 0.5) is 0 Å². The van der Waals surface area contributed by atoms with Crippen molar-refractivity contribution >= 4 is 0 Å². The largest absolute Gasteiger partial charge is 0.264 e. The van der Waals surface area contributed by atoms with Crippen molar-refractivity contribution in [1.29, 1.82) is 0 Å². The number of nitrogens with zero attached hydrogens (tertiary/aromatic N) is 4. The second kappa shape index (κ2) is 7.08. The highest BCUT2D eigenvalue weighted by molar-refractivity contribution is 5.71. The van der Waals surface area contributed by atoms with E-state index in [1.807, 2.05) is 49.1 Å². The molecule has 4 heterocycles. The van der Waals surface area contributed by atoms with Gasteiger partial charge in [-0.25, -0.2) is 0 Å². The number of hydrogen-bond donors (Lipinski definition) is 0. The summed E-state index contributed by atoms with van der Waals surface area (Å²) in [4.78, 5) is 18.0. The third kappa shape index (κ3) is 3.22. The standard InChI is InChI=1S/C23H20N4/c1-23(2,21-19(9-5-13-26-21)17-7-3-11-24-15-17)22-20(10-6-14-27-22)18-8-4-12-25-16-18/h3-16H,1-2H3. The molecule has 4 heteroatoms. The van der Waals surface area contributed by atoms with Crippen molar-refractivity contribution in [2.45, 2.75) is 19.3 Å². The molecule has 132 valence electrons. The van der Waals surface area contributed by atoms with Crippen LogP contribution in [0.25, 0.3) is 22.3 Å². The Morgan fingerprint density at radius 3 is 1.44 bits per heavy atom. The monoisotopic (exact) mass is 352 g/mol. The number of hydrogen-bond acceptors (Lipinski definition) is 4. The van der Waals surface area contributed by atoms with Gasteiger partial charge < -0.3 is 0 Å². The summed E-state index contributed by atoms with van der Waals surface area (Å²) in [7, 11) is 0. The van der Waals surface area contributed by atoms with E-state index in [-0.39, 0.29) is 0 Å². The number of aromatic nitrogens is 4. The molecule has 0 bridgehead atoms. The smallest absolute Gasteiger partial charge is 0.0598 e. The minimum atomic E-state index is -0.404. The van der Waals surface area contributed by atoms with Crippen LogP contribution in [0.1, 0.15) is 25.2 Å². The van der Waals surface area contributed by atoms with Gasteiger partial charge >= 0.3 is 0 Å². The minimum absolute atomic E-state index is 0.404. The fourth-order valence-corrected chi connectivity index (χ4v) is 3.43. The van der Waals surface area contributed by atoms with Gasteiger partial charge in [-0.15, -0.1) is 0 Å². The van der Waals surface area contributed by atoms with E-state index in [1.165, 1.54) is 0 Å². The first-order valence-electron chi connectivity index (χ1n) is 8.90. The summed E-state index contributed by atoms with van der Waals surface area (Å²) in [5.41, 5.74) is 5.78. The van der Waals surface area contributed by atoms with Gasteiger partial charge in [0.15, 0.2) is 0 Å². The van der Waals surface area contributed by atoms with Crippen molar-refractivity contribution in [1.82, 2.24) is 19.9 Å². The Morgan fingerprint density at radius 2 is 1.04 bits per heavy atom. The highest BCUT2D eigenvalue weighted by Crippen LogP contribution is 2.39. The lowest BCUT2D eigenvalue weighted by Crippen LogP contribution is -2.24. The van der Waals surface area contributed by atoms with E-state index in [0.29, 0.717) is 0 Å². The van der Waals surface area contributed by atoms with Crippen LogP contribution in [0.2, 0.25) is 0 Å². The van der Waals surface area contributed by atoms with Crippen LogP contribution >= 0.6 is 0 Å². The molecular formula is C23H20N4. The molecule has 0 aliphatic carbocycles. The summed E-state index contributed by atoms with van der Waals surface area (Å²) in [6.07, 6.45) is 11.0. The number of rotatable bonds is 4. The maximum Gasteiger partial charge on any atom is 0.0598 e. The molecular weight excluding hydrogens is 332 g/mol. The van der Waals surface area contributed by atoms with E-state index < -0.39 is 5.41 Å². The molecule has 0 unspecified atom stereocenters. The highest BCUT2D eigenvalue weighted by atomic mass is 14.8. The molecule has 0 amide bonds. The molecule has 4 rings (SSSR count). The van der Waals surface area contributed by atoms with E-state index in [9.17, 15) is 0 Å². The molecule has 0 N–H and O–H groups in total. The Hall–Kier alpha value is -3.40. The van der Waals surface area contributed by atoms with Gasteiger partial charge in [0.1, 0.15) is 0 Å². The second-order valence-corrected chi connectivity index (χ2v) is 6.91. The normalized spacial score (nSPS) is 11.3. The zero-order valence-electron chi connectivity index (χ0n) is 15.4. The lowest BCUT2D eigenvalue weighted by Gasteiger charge is -2.28. The van der Waals surface area contributed by atoms with Crippen LogP contribution in [0, 0.1) is 0 Å². The fourth-order valence-electron chi connectivity index (χ4n) is 3.43. The van der Waals surface area contributed by atoms with Crippen molar-refractivity contribution in [3.8, 4) is 22.3 Å². The first-order valence-corrected chi connectivity index (χ1v) is 8.90. The summed E-state index contributed by atoms with van der Waals surface area (Å²) in [5, 5.41) is 0. The topological polar surface area (TPSA) is 51.6 Å². The average molecular weight is 352 g/mol. The lowest BCUT2D eigenvalue weighted by atomic mass is 9.78. The van der Waals surface area contributed by atoms with Crippen molar-refractivity contribution in [3.05, 3.63) is 97.1 Å². The quantitative estimate of drug-likeness (QED) is 0.523. The Kier molecular flexibility index (Phi) is 4.47. The van der Waals surface area contributed by atoms with E-state index >= 15 is 0 Å². The fraction of sp³-hybridized carbons (Fsp3) is 0.130. The van der Waals surface area contributed by atoms with Crippen LogP contribution in [-0.4, -0.2) is 19.9 Å². The Balaban J connectivity index is 1.90. The van der Waals surface area contributed by atoms with Crippen molar-refractivity contribution in [2.24, 2.45) is 0 Å². The predicted molar refractivity (Wildman–Crippen MR) is 107 cm³/mol. The first kappa shape index (κ1) is 17.0. The minimum Gasteiger partial charge on any atom is -0.264 e. The SMILES string of the molecule is CC(C)(c1ncccc1-c1cccnc1)c1ncccc1-c1cccnc1. The van der Waals surface area contributed by atoms with Gasteiger partial charge in [-0.3, -0.25) is 19.9 Å². The van der Waals surface area contributed by atoms with Crippen molar-refractivity contribution in [3.63, 3.8) is 0 Å². The summed E-state index contributed by atoms with van der Waals surface area (Å²) < 4.78 is 0. The van der Waals surface area contributed by atoms with Gasteiger partial charge in [-0.05, 0) is 38.1 Å². The molecule has 0 fully saturated rings. The second-order valence-electron chi connectivity index (χ2n) is 6.91. The molecule has 0 saturated carbocycles. The maximum atomic E-state index is 4.75. The molecule has 0 radical (unpaired) electrons. The van der Waals surface area contributed by atoms with E-state index in [0.717, 1.165) is 33.6 Å². The molecule has 0 aromatic carbocycles. The van der Waals surface area contributed by atoms with Gasteiger partial charge in [-0.1, -0.05) is 24.3 Å². The van der Waals surface area contributed by atoms with Crippen LogP contribution in [0.3, 0.4) is 0 Å². The Morgan fingerprint density at radius 1 is 0.593 bits per heavy atom. The van der Waals surface area contributed by atoms with E-state index in [4.69, 9.17) is 9.97 Å². The van der Waals surface area contributed by atoms with E-state index in [2.05, 4.69) is 48.1 Å². The summed E-state index contributed by atoms with van der Waals surface area (Å²) in [5.74, 6) is 0. The zero-order valence-corrected chi connectivity index (χ0v) is 15.4. The molecule has 4 nitrogen and oxygen atoms in total. The molecule has 0 aliphatic rings. The van der Waals surface area contributed by atoms with Gasteiger partial charge in [0.25, 0.3) is 0 Å². The van der Waals surface area contributed by atoms with Crippen LogP contribution in [0.5, 0.6) is 0 Å². The summed E-state index contributed by atoms with van der Waals surface area (Å²) >= 11 is 0. The lowest BCUT2D eigenvalue weighted by molar-refractivity contribution is 0.599. The zero-order chi connectivity index (χ0) is 18.7. The van der Waals surface area contributed by atoms with Crippen LogP contribution in [0.15, 0.2) is 85.7 Å². The summed E-state index contributed by atoms with van der Waals surface area (Å²) in [6, 6.07) is 16.1. The summed E-state index contributed by atoms with van der Waals surface area (Å²) in [6.45, 7) is 4.33. The maximum absolute atomic E-state index is 4.75. The molecule has 4 aromatic rings. The van der Waals surface area contributed by atoms with E-state index in [1.54, 1.807) is 12.4 Å². The van der Waals surface area contributed by atoms with Gasteiger partial charge in [0, 0.05) is 59.4 Å². The van der Waals surface area contributed by atoms with Crippen molar-refractivity contribution in [2.75, 3.05) is 0 Å². The molecule has 0 spiro atoms. The third-order valence-corrected chi connectivity index (χ3v) is 4.74. The molecule has 4 aromatic heterocycles. The Labute approximate surface area is 159 Å². The average Bonchev–Trinajstić information content (AvgIpc) is 2.75. The molecule has 27 heavy (non-hydrogen) atoms. The van der Waals surface area contributed by atoms with Crippen LogP contribution in [-0.2, 0) is 5.41 Å². The van der Waals surface area contributed by atoms with Crippen molar-refractivity contribution < 1.29 is 0 Å². The van der Waals surface area contributed by atoms with Gasteiger partial charge in [0.05, 0.1) is 16.8 Å². The van der Waals surface area contributed by atoms with Crippen LogP contribution < -0.4 is 0 Å². The predicted octanol–water partition coefficient (Wildman–Crippen LogP) is 4.93. The molecule has 0 aliphatic heterocycles. The molecule has 0 saturated heterocycles. The Bertz CT molecular complexity index is 959. The van der Waals surface area contributed by atoms with Gasteiger partial charge in [0.2, 0.25) is 0 Å². The third-order valence-electron chi connectivity index (χ3n) is 4.74.